The fourth-order valence-corrected chi connectivity index (χ4v) is 8.69. The maximum absolute atomic E-state index is 14.8. The number of aromatic hydroxyl groups is 2. The molecular formula is C40H39FN2O14. The number of aryl methyl sites for hydroxylation is 1. The molecular weight excluding hydrogens is 751 g/mol. The summed E-state index contributed by atoms with van der Waals surface area (Å²) in [5, 5.41) is 73.8. The van der Waals surface area contributed by atoms with E-state index in [0.29, 0.717) is 5.56 Å². The number of aliphatic hydroxyl groups excluding tert-OH is 3. The zero-order valence-electron chi connectivity index (χ0n) is 31.0. The summed E-state index contributed by atoms with van der Waals surface area (Å²) >= 11 is 0. The molecule has 0 saturated carbocycles. The van der Waals surface area contributed by atoms with E-state index in [-0.39, 0.29) is 17.7 Å². The Morgan fingerprint density at radius 3 is 2.32 bits per heavy atom. The molecule has 1 amide bonds. The van der Waals surface area contributed by atoms with E-state index in [9.17, 15) is 59.0 Å². The number of phenolic OH excluding ortho intramolecular Hbond substituents is 2. The quantitative estimate of drug-likeness (QED) is 0.156. The van der Waals surface area contributed by atoms with Gasteiger partial charge in [-0.3, -0.25) is 24.0 Å². The highest BCUT2D eigenvalue weighted by molar-refractivity contribution is 6.31. The molecule has 17 heteroatoms. The fourth-order valence-electron chi connectivity index (χ4n) is 8.69. The molecule has 1 saturated heterocycles. The predicted molar refractivity (Wildman–Crippen MR) is 192 cm³/mol. The van der Waals surface area contributed by atoms with Gasteiger partial charge in [-0.25, -0.2) is 4.39 Å². The molecule has 0 aromatic heterocycles. The number of fused-ring (bicyclic) bond motifs is 5. The molecule has 300 valence electrons. The summed E-state index contributed by atoms with van der Waals surface area (Å²) in [4.78, 5) is 70.7. The number of benzene rings is 3. The van der Waals surface area contributed by atoms with Crippen LogP contribution in [0.25, 0.3) is 0 Å². The normalized spacial score (nSPS) is 29.2. The number of phenols is 2. The van der Waals surface area contributed by atoms with Gasteiger partial charge in [0.1, 0.15) is 29.6 Å². The van der Waals surface area contributed by atoms with E-state index in [1.165, 1.54) is 44.4 Å². The Morgan fingerprint density at radius 2 is 1.68 bits per heavy atom. The highest BCUT2D eigenvalue weighted by atomic mass is 19.1. The van der Waals surface area contributed by atoms with Crippen LogP contribution in [0.1, 0.15) is 81.0 Å². The van der Waals surface area contributed by atoms with Gasteiger partial charge >= 0.3 is 0 Å². The molecule has 0 bridgehead atoms. The molecule has 1 fully saturated rings. The van der Waals surface area contributed by atoms with Gasteiger partial charge in [0.05, 0.1) is 53.2 Å². The van der Waals surface area contributed by atoms with Crippen molar-refractivity contribution in [1.82, 2.24) is 10.6 Å². The van der Waals surface area contributed by atoms with E-state index in [4.69, 9.17) is 14.2 Å². The van der Waals surface area contributed by atoms with E-state index >= 15 is 0 Å². The van der Waals surface area contributed by atoms with Gasteiger partial charge in [-0.15, -0.1) is 0 Å². The van der Waals surface area contributed by atoms with E-state index < -0.39 is 146 Å². The lowest BCUT2D eigenvalue weighted by atomic mass is 9.56. The van der Waals surface area contributed by atoms with Crippen LogP contribution in [-0.2, 0) is 32.8 Å². The van der Waals surface area contributed by atoms with E-state index in [2.05, 4.69) is 10.6 Å². The molecule has 3 aliphatic carbocycles. The van der Waals surface area contributed by atoms with Gasteiger partial charge in [-0.1, -0.05) is 18.2 Å². The topological polar surface area (TPSA) is 258 Å². The molecule has 16 nitrogen and oxygen atoms in total. The van der Waals surface area contributed by atoms with Crippen LogP contribution in [0, 0.1) is 18.7 Å². The van der Waals surface area contributed by atoms with Crippen molar-refractivity contribution in [3.05, 3.63) is 104 Å². The zero-order valence-corrected chi connectivity index (χ0v) is 31.0. The number of Topliss-reactive ketones (excluding diaryl/α,β-unsaturated/α-hetero) is 3. The highest BCUT2D eigenvalue weighted by Crippen LogP contribution is 2.56. The van der Waals surface area contributed by atoms with Crippen molar-refractivity contribution in [2.24, 2.45) is 5.92 Å². The van der Waals surface area contributed by atoms with Gasteiger partial charge in [0.15, 0.2) is 17.0 Å². The third kappa shape index (κ3) is 5.64. The molecule has 8 atom stereocenters. The molecule has 0 radical (unpaired) electrons. The Morgan fingerprint density at radius 1 is 1.00 bits per heavy atom. The maximum Gasteiger partial charge on any atom is 0.255 e. The van der Waals surface area contributed by atoms with Crippen molar-refractivity contribution < 1.29 is 73.2 Å². The Balaban J connectivity index is 1.32. The minimum absolute atomic E-state index is 0.0340. The maximum atomic E-state index is 14.8. The second kappa shape index (κ2) is 14.2. The van der Waals surface area contributed by atoms with Gasteiger partial charge in [0.2, 0.25) is 17.3 Å². The van der Waals surface area contributed by atoms with Crippen molar-refractivity contribution in [3.8, 4) is 11.5 Å². The minimum Gasteiger partial charge on any atom is -0.507 e. The van der Waals surface area contributed by atoms with E-state index in [1.54, 1.807) is 6.92 Å². The van der Waals surface area contributed by atoms with Gasteiger partial charge in [0, 0.05) is 50.0 Å². The summed E-state index contributed by atoms with van der Waals surface area (Å²) in [6.45, 7) is 2.29. The van der Waals surface area contributed by atoms with Gasteiger partial charge in [0.25, 0.3) is 5.91 Å². The number of carbonyl (C=O) groups excluding carboxylic acids is 5. The second-order valence-electron chi connectivity index (χ2n) is 14.6. The number of ketones is 4. The minimum atomic E-state index is -3.30. The first-order chi connectivity index (χ1) is 27.0. The number of carbonyl (C=O) groups is 5. The fraction of sp³-hybridized carbons (Fsp3) is 0.375. The molecule has 7 rings (SSSR count). The molecule has 3 aromatic rings. The second-order valence-corrected chi connectivity index (χ2v) is 14.6. The summed E-state index contributed by atoms with van der Waals surface area (Å²) in [5.41, 5.74) is -9.98. The molecule has 57 heavy (non-hydrogen) atoms. The molecule has 1 aliphatic heterocycles. The Labute approximate surface area is 323 Å². The van der Waals surface area contributed by atoms with Crippen LogP contribution in [0.5, 0.6) is 11.5 Å². The van der Waals surface area contributed by atoms with Gasteiger partial charge in [-0.2, -0.15) is 0 Å². The first-order valence-electron chi connectivity index (χ1n) is 17.9. The number of methoxy groups -OCH3 is 2. The number of aliphatic hydroxyl groups is 4. The zero-order chi connectivity index (χ0) is 41.5. The summed E-state index contributed by atoms with van der Waals surface area (Å²) in [6.07, 6.45) is -5.78. The molecule has 0 spiro atoms. The standard InChI is InChI=1S/C40H39FN2O14/c1-15-9-18-10-25(46)40(56-4)36(52)28-21(35(51)39(40,54)29(18)33(50)26(15)37(53)42-13-17-5-7-19(41)8-6-17)11-20-27(32(28)49)24(45)12-23(30(20)47)43-38-22(14-44)31(48)34(55-3)16(2)57-38/h5-9,11-12,16,22,25,31,34,38,43-44,46,48-50,54H,10,13-14H2,1-4H3,(H,42,53)/t16-,22+,25+,31-,34-,38?,39-,40+/m0/s1. The lowest BCUT2D eigenvalue weighted by Crippen LogP contribution is -2.73. The van der Waals surface area contributed by atoms with E-state index in [1.807, 2.05) is 0 Å². The van der Waals surface area contributed by atoms with Crippen molar-refractivity contribution in [2.75, 3.05) is 20.8 Å². The summed E-state index contributed by atoms with van der Waals surface area (Å²) < 4.78 is 30.1. The first-order valence-corrected chi connectivity index (χ1v) is 17.9. The average Bonchev–Trinajstić information content (AvgIpc) is 3.15. The lowest BCUT2D eigenvalue weighted by Gasteiger charge is -2.53. The number of amides is 1. The number of rotatable bonds is 8. The van der Waals surface area contributed by atoms with E-state index in [0.717, 1.165) is 19.3 Å². The van der Waals surface area contributed by atoms with Gasteiger partial charge in [-0.05, 0) is 48.7 Å². The monoisotopic (exact) mass is 790 g/mol. The van der Waals surface area contributed by atoms with Crippen LogP contribution in [0.15, 0.2) is 48.2 Å². The lowest BCUT2D eigenvalue weighted by molar-refractivity contribution is -0.214. The number of nitrogens with one attached hydrogen (secondary N) is 2. The van der Waals surface area contributed by atoms with Crippen molar-refractivity contribution in [1.29, 1.82) is 0 Å². The Bertz CT molecular complexity index is 2290. The van der Waals surface area contributed by atoms with Gasteiger partial charge < -0.3 is 55.5 Å². The van der Waals surface area contributed by atoms with Crippen LogP contribution in [0.2, 0.25) is 0 Å². The number of ether oxygens (including phenoxy) is 3. The number of hydrogen-bond donors (Lipinski definition) is 8. The Hall–Kier alpha value is -5.40. The molecule has 1 unspecified atom stereocenters. The first kappa shape index (κ1) is 39.8. The summed E-state index contributed by atoms with van der Waals surface area (Å²) in [5.74, 6) is -9.26. The molecule has 4 aliphatic rings. The van der Waals surface area contributed by atoms with Crippen LogP contribution in [-0.4, -0.2) is 117 Å². The predicted octanol–water partition coefficient (Wildman–Crippen LogP) is 0.626. The smallest absolute Gasteiger partial charge is 0.255 e. The summed E-state index contributed by atoms with van der Waals surface area (Å²) in [6, 6.07) is 7.38. The van der Waals surface area contributed by atoms with Crippen molar-refractivity contribution >= 4 is 29.0 Å². The third-order valence-corrected chi connectivity index (χ3v) is 11.5. The SMILES string of the molecule is CO[C@@H]1[C@@H](O)[C@@H](CO)C(NC2=CC(=O)c3c(cc4c(c3O)C(=O)[C@]3(OC)[C@H](O)Cc5cc(C)c(C(=O)NCc6ccc(F)cc6)c(O)c5[C@]3(O)C4=O)C2=O)O[C@H]1C. The number of allylic oxidation sites excluding steroid dienone is 2. The largest absolute Gasteiger partial charge is 0.507 e. The number of halogens is 1. The van der Waals surface area contributed by atoms with Crippen LogP contribution in [0.4, 0.5) is 4.39 Å². The molecule has 3 aromatic carbocycles. The molecule has 8 N–H and O–H groups in total. The summed E-state index contributed by atoms with van der Waals surface area (Å²) in [7, 11) is 2.25. The molecule has 1 heterocycles. The third-order valence-electron chi connectivity index (χ3n) is 11.5. The van der Waals surface area contributed by atoms with Crippen LogP contribution < -0.4 is 10.6 Å². The van der Waals surface area contributed by atoms with Crippen LogP contribution >= 0.6 is 0 Å². The number of hydrogen-bond acceptors (Lipinski definition) is 15. The highest BCUT2D eigenvalue weighted by Gasteiger charge is 2.72. The van der Waals surface area contributed by atoms with Crippen molar-refractivity contribution in [2.45, 2.75) is 68.7 Å². The van der Waals surface area contributed by atoms with Crippen LogP contribution in [0.3, 0.4) is 0 Å². The average molecular weight is 791 g/mol. The van der Waals surface area contributed by atoms with Crippen molar-refractivity contribution in [3.63, 3.8) is 0 Å². The Kier molecular flexibility index (Phi) is 9.93.